The molecule has 106 valence electrons. The Morgan fingerprint density at radius 3 is 2.56 bits per heavy atom. The van der Waals surface area contributed by atoms with Gasteiger partial charge in [0.25, 0.3) is 0 Å². The number of amides is 1. The second kappa shape index (κ2) is 9.16. The molecule has 0 aromatic carbocycles. The van der Waals surface area contributed by atoms with Crippen molar-refractivity contribution in [3.8, 4) is 0 Å². The molecule has 1 atom stereocenters. The Morgan fingerprint density at radius 1 is 1.39 bits per heavy atom. The van der Waals surface area contributed by atoms with Gasteiger partial charge < -0.3 is 15.4 Å². The van der Waals surface area contributed by atoms with Crippen LogP contribution in [0.4, 0.5) is 0 Å². The minimum Gasteiger partial charge on any atom is -0.469 e. The highest BCUT2D eigenvalue weighted by molar-refractivity contribution is 5.85. The largest absolute Gasteiger partial charge is 0.469 e. The Balaban J connectivity index is 0.00000289. The molecule has 6 heteroatoms. The number of piperidine rings is 1. The Kier molecular flexibility index (Phi) is 8.75. The second-order valence-electron chi connectivity index (χ2n) is 4.65. The quantitative estimate of drug-likeness (QED) is 0.732. The van der Waals surface area contributed by atoms with Gasteiger partial charge in [0.15, 0.2) is 0 Å². The van der Waals surface area contributed by atoms with Crippen LogP contribution in [0.1, 0.15) is 32.6 Å². The zero-order valence-corrected chi connectivity index (χ0v) is 11.8. The lowest BCUT2D eigenvalue weighted by Crippen LogP contribution is -2.37. The number of halogens is 1. The molecule has 0 radical (unpaired) electrons. The number of hydrogen-bond acceptors (Lipinski definition) is 4. The molecule has 0 spiro atoms. The van der Waals surface area contributed by atoms with E-state index < -0.39 is 0 Å². The van der Waals surface area contributed by atoms with Crippen molar-refractivity contribution in [2.45, 2.75) is 38.6 Å². The topological polar surface area (TPSA) is 67.4 Å². The fourth-order valence-corrected chi connectivity index (χ4v) is 2.07. The predicted molar refractivity (Wildman–Crippen MR) is 71.7 cm³/mol. The first-order chi connectivity index (χ1) is 8.11. The summed E-state index contributed by atoms with van der Waals surface area (Å²) in [5.41, 5.74) is 0. The minimum atomic E-state index is -0.292. The number of carbonyl (C=O) groups excluding carboxylic acids is 2. The van der Waals surface area contributed by atoms with E-state index in [2.05, 4.69) is 15.4 Å². The Hall–Kier alpha value is -0.810. The van der Waals surface area contributed by atoms with Crippen LogP contribution in [0.2, 0.25) is 0 Å². The summed E-state index contributed by atoms with van der Waals surface area (Å²) in [6.07, 6.45) is 2.90. The van der Waals surface area contributed by atoms with E-state index in [1.54, 1.807) is 0 Å². The summed E-state index contributed by atoms with van der Waals surface area (Å²) in [4.78, 5) is 22.7. The van der Waals surface area contributed by atoms with Crippen LogP contribution in [-0.4, -0.2) is 38.1 Å². The van der Waals surface area contributed by atoms with E-state index in [9.17, 15) is 9.59 Å². The fourth-order valence-electron chi connectivity index (χ4n) is 2.07. The molecule has 1 unspecified atom stereocenters. The summed E-state index contributed by atoms with van der Waals surface area (Å²) in [5.74, 6) is 0.217. The van der Waals surface area contributed by atoms with Crippen molar-refractivity contribution in [2.24, 2.45) is 5.92 Å². The van der Waals surface area contributed by atoms with Gasteiger partial charge in [0.2, 0.25) is 5.91 Å². The van der Waals surface area contributed by atoms with E-state index in [0.29, 0.717) is 12.3 Å². The molecule has 2 N–H and O–H groups in total. The average molecular weight is 279 g/mol. The third kappa shape index (κ3) is 6.81. The number of ether oxygens (including phenoxy) is 1. The average Bonchev–Trinajstić information content (AvgIpc) is 2.29. The molecule has 18 heavy (non-hydrogen) atoms. The van der Waals surface area contributed by atoms with Gasteiger partial charge >= 0.3 is 5.97 Å². The molecule has 0 aromatic heterocycles. The number of carbonyl (C=O) groups is 2. The van der Waals surface area contributed by atoms with Crippen molar-refractivity contribution in [1.29, 1.82) is 0 Å². The van der Waals surface area contributed by atoms with Gasteiger partial charge in [-0.3, -0.25) is 9.59 Å². The van der Waals surface area contributed by atoms with Gasteiger partial charge in [-0.15, -0.1) is 12.4 Å². The third-order valence-electron chi connectivity index (χ3n) is 3.04. The first kappa shape index (κ1) is 17.2. The number of methoxy groups -OCH3 is 1. The highest BCUT2D eigenvalue weighted by Gasteiger charge is 2.18. The monoisotopic (exact) mass is 278 g/mol. The normalized spacial score (nSPS) is 17.4. The predicted octanol–water partition coefficient (Wildman–Crippen LogP) is 0.866. The zero-order valence-electron chi connectivity index (χ0n) is 11.0. The molecule has 1 fully saturated rings. The van der Waals surface area contributed by atoms with Crippen molar-refractivity contribution in [2.75, 3.05) is 20.2 Å². The van der Waals surface area contributed by atoms with E-state index in [1.807, 2.05) is 6.92 Å². The number of rotatable bonds is 5. The fraction of sp³-hybridized carbons (Fsp3) is 0.833. The molecular weight excluding hydrogens is 256 g/mol. The van der Waals surface area contributed by atoms with Gasteiger partial charge in [-0.2, -0.15) is 0 Å². The van der Waals surface area contributed by atoms with Gasteiger partial charge in [0.05, 0.1) is 13.5 Å². The summed E-state index contributed by atoms with van der Waals surface area (Å²) < 4.78 is 4.55. The van der Waals surface area contributed by atoms with E-state index in [4.69, 9.17) is 0 Å². The van der Waals surface area contributed by atoms with Crippen molar-refractivity contribution in [3.05, 3.63) is 0 Å². The van der Waals surface area contributed by atoms with Crippen LogP contribution >= 0.6 is 12.4 Å². The molecule has 1 aliphatic rings. The maximum atomic E-state index is 11.7. The second-order valence-corrected chi connectivity index (χ2v) is 4.65. The summed E-state index contributed by atoms with van der Waals surface area (Å²) in [7, 11) is 1.35. The van der Waals surface area contributed by atoms with Crippen LogP contribution in [0.3, 0.4) is 0 Å². The standard InChI is InChI=1S/C12H22N2O3.ClH/c1-9(7-12(16)17-2)14-11(15)8-10-3-5-13-6-4-10;/h9-10,13H,3-8H2,1-2H3,(H,14,15);1H. The SMILES string of the molecule is COC(=O)CC(C)NC(=O)CC1CCNCC1.Cl. The van der Waals surface area contributed by atoms with Crippen molar-refractivity contribution >= 4 is 24.3 Å². The molecule has 5 nitrogen and oxygen atoms in total. The zero-order chi connectivity index (χ0) is 12.7. The van der Waals surface area contributed by atoms with E-state index in [-0.39, 0.29) is 36.7 Å². The number of hydrogen-bond donors (Lipinski definition) is 2. The van der Waals surface area contributed by atoms with E-state index in [1.165, 1.54) is 7.11 Å². The smallest absolute Gasteiger partial charge is 0.307 e. The first-order valence-corrected chi connectivity index (χ1v) is 6.18. The minimum absolute atomic E-state index is 0. The molecule has 1 saturated heterocycles. The maximum absolute atomic E-state index is 11.7. The molecule has 1 rings (SSSR count). The molecule has 0 saturated carbocycles. The van der Waals surface area contributed by atoms with E-state index in [0.717, 1.165) is 25.9 Å². The third-order valence-corrected chi connectivity index (χ3v) is 3.04. The molecule has 0 aliphatic carbocycles. The Morgan fingerprint density at radius 2 is 2.00 bits per heavy atom. The van der Waals surface area contributed by atoms with Crippen molar-refractivity contribution in [1.82, 2.24) is 10.6 Å². The molecular formula is C12H23ClN2O3. The van der Waals surface area contributed by atoms with Crippen LogP contribution < -0.4 is 10.6 Å². The molecule has 1 aliphatic heterocycles. The highest BCUT2D eigenvalue weighted by Crippen LogP contribution is 2.15. The lowest BCUT2D eigenvalue weighted by molar-refractivity contribution is -0.141. The number of esters is 1. The summed E-state index contributed by atoms with van der Waals surface area (Å²) in [6, 6.07) is -0.156. The van der Waals surface area contributed by atoms with Crippen LogP contribution in [0.25, 0.3) is 0 Å². The Bertz CT molecular complexity index is 268. The molecule has 0 bridgehead atoms. The van der Waals surface area contributed by atoms with E-state index >= 15 is 0 Å². The summed E-state index contributed by atoms with van der Waals surface area (Å²) in [6.45, 7) is 3.81. The molecule has 1 heterocycles. The summed E-state index contributed by atoms with van der Waals surface area (Å²) in [5, 5.41) is 6.10. The van der Waals surface area contributed by atoms with Crippen LogP contribution in [-0.2, 0) is 14.3 Å². The van der Waals surface area contributed by atoms with Gasteiger partial charge in [0.1, 0.15) is 0 Å². The van der Waals surface area contributed by atoms with Crippen LogP contribution in [0, 0.1) is 5.92 Å². The van der Waals surface area contributed by atoms with Crippen LogP contribution in [0.15, 0.2) is 0 Å². The number of nitrogens with one attached hydrogen (secondary N) is 2. The van der Waals surface area contributed by atoms with Gasteiger partial charge in [-0.25, -0.2) is 0 Å². The van der Waals surface area contributed by atoms with Crippen molar-refractivity contribution < 1.29 is 14.3 Å². The van der Waals surface area contributed by atoms with Crippen LogP contribution in [0.5, 0.6) is 0 Å². The lowest BCUT2D eigenvalue weighted by Gasteiger charge is -2.22. The Labute approximate surface area is 114 Å². The van der Waals surface area contributed by atoms with Crippen molar-refractivity contribution in [3.63, 3.8) is 0 Å². The van der Waals surface area contributed by atoms with Gasteiger partial charge in [-0.05, 0) is 38.8 Å². The molecule has 0 aromatic rings. The molecule has 1 amide bonds. The maximum Gasteiger partial charge on any atom is 0.307 e. The first-order valence-electron chi connectivity index (χ1n) is 6.18. The van der Waals surface area contributed by atoms with Gasteiger partial charge in [-0.1, -0.05) is 0 Å². The lowest BCUT2D eigenvalue weighted by atomic mass is 9.94. The summed E-state index contributed by atoms with van der Waals surface area (Å²) >= 11 is 0. The highest BCUT2D eigenvalue weighted by atomic mass is 35.5. The van der Waals surface area contributed by atoms with Gasteiger partial charge in [0, 0.05) is 12.5 Å².